The third-order valence-corrected chi connectivity index (χ3v) is 8.92. The largest absolute Gasteiger partial charge is 0.392 e. The molecule has 1 unspecified atom stereocenters. The zero-order chi connectivity index (χ0) is 30.0. The average Bonchev–Trinajstić information content (AvgIpc) is 3.37. The van der Waals surface area contributed by atoms with Crippen molar-refractivity contribution in [3.05, 3.63) is 71.2 Å². The molecule has 8 nitrogen and oxygen atoms in total. The Morgan fingerprint density at radius 3 is 2.38 bits per heavy atom. The number of carbonyl (C=O) groups excluding carboxylic acids is 1. The van der Waals surface area contributed by atoms with Gasteiger partial charge in [-0.05, 0) is 98.1 Å². The van der Waals surface area contributed by atoms with E-state index in [0.717, 1.165) is 55.2 Å². The van der Waals surface area contributed by atoms with Gasteiger partial charge in [-0.2, -0.15) is 0 Å². The molecule has 2 aliphatic heterocycles. The molecule has 0 radical (unpaired) electrons. The maximum Gasteiger partial charge on any atom is 0.246 e. The van der Waals surface area contributed by atoms with Crippen LogP contribution in [-0.4, -0.2) is 79.3 Å². The molecule has 3 aromatic rings. The third kappa shape index (κ3) is 7.16. The number of likely N-dealkylation sites (tertiary alicyclic amines) is 2. The predicted octanol–water partition coefficient (Wildman–Crippen LogP) is 4.45. The Kier molecular flexibility index (Phi) is 8.95. The number of fused-ring (bicyclic) bond motifs is 1. The van der Waals surface area contributed by atoms with E-state index >= 15 is 0 Å². The number of carbonyl (C=O) groups is 1. The summed E-state index contributed by atoms with van der Waals surface area (Å²) in [5.74, 6) is -4.07. The topological polar surface area (TPSA) is 106 Å². The highest BCUT2D eigenvalue weighted by atomic mass is 32.2. The molecule has 1 amide bonds. The van der Waals surface area contributed by atoms with E-state index < -0.39 is 33.6 Å². The zero-order valence-electron chi connectivity index (χ0n) is 23.3. The lowest BCUT2D eigenvalue weighted by Gasteiger charge is -2.37. The summed E-state index contributed by atoms with van der Waals surface area (Å²) in [6.07, 6.45) is 8.25. The van der Waals surface area contributed by atoms with E-state index in [2.05, 4.69) is 14.6 Å². The fraction of sp³-hybridized carbons (Fsp3) is 0.433. The van der Waals surface area contributed by atoms with Crippen LogP contribution in [0.4, 0.5) is 18.9 Å². The lowest BCUT2D eigenvalue weighted by atomic mass is 9.87. The molecule has 2 aliphatic rings. The van der Waals surface area contributed by atoms with Gasteiger partial charge >= 0.3 is 0 Å². The minimum absolute atomic E-state index is 0.0606. The number of rotatable bonds is 8. The van der Waals surface area contributed by atoms with Gasteiger partial charge < -0.3 is 19.9 Å². The van der Waals surface area contributed by atoms with Crippen LogP contribution in [0.3, 0.4) is 0 Å². The van der Waals surface area contributed by atoms with E-state index in [4.69, 9.17) is 0 Å². The van der Waals surface area contributed by atoms with Gasteiger partial charge in [0.15, 0.2) is 17.5 Å². The van der Waals surface area contributed by atoms with Crippen LogP contribution in [0.25, 0.3) is 17.0 Å². The van der Waals surface area contributed by atoms with E-state index in [1.165, 1.54) is 17.7 Å². The second-order valence-corrected chi connectivity index (χ2v) is 13.1. The highest BCUT2D eigenvalue weighted by Crippen LogP contribution is 2.35. The Morgan fingerprint density at radius 1 is 1.07 bits per heavy atom. The number of hydrogen-bond acceptors (Lipinski definition) is 5. The molecular weight excluding hydrogens is 569 g/mol. The highest BCUT2D eigenvalue weighted by Gasteiger charge is 2.30. The van der Waals surface area contributed by atoms with Crippen LogP contribution >= 0.6 is 0 Å². The van der Waals surface area contributed by atoms with Crippen molar-refractivity contribution in [2.24, 2.45) is 5.92 Å². The molecule has 12 heteroatoms. The Morgan fingerprint density at radius 2 is 1.74 bits per heavy atom. The van der Waals surface area contributed by atoms with Crippen molar-refractivity contribution in [1.82, 2.24) is 14.8 Å². The van der Waals surface area contributed by atoms with Crippen LogP contribution in [0, 0.1) is 23.4 Å². The molecule has 2 aromatic carbocycles. The monoisotopic (exact) mass is 604 g/mol. The third-order valence-electron chi connectivity index (χ3n) is 8.31. The van der Waals surface area contributed by atoms with E-state index in [1.54, 1.807) is 11.0 Å². The first kappa shape index (κ1) is 30.1. The quantitative estimate of drug-likeness (QED) is 0.260. The molecular formula is C30H35F3N4O4S. The number of halogens is 3. The predicted molar refractivity (Wildman–Crippen MR) is 156 cm³/mol. The number of sulfonamides is 1. The van der Waals surface area contributed by atoms with Crippen LogP contribution < -0.4 is 4.72 Å². The molecule has 226 valence electrons. The summed E-state index contributed by atoms with van der Waals surface area (Å²) in [4.78, 5) is 19.8. The van der Waals surface area contributed by atoms with E-state index in [1.807, 2.05) is 18.3 Å². The van der Waals surface area contributed by atoms with Crippen molar-refractivity contribution in [2.75, 3.05) is 43.7 Å². The number of nitrogens with one attached hydrogen (secondary N) is 2. The molecule has 42 heavy (non-hydrogen) atoms. The molecule has 3 heterocycles. The molecule has 0 aliphatic carbocycles. The first-order chi connectivity index (χ1) is 20.0. The Balaban J connectivity index is 1.09. The van der Waals surface area contributed by atoms with Gasteiger partial charge in [-0.3, -0.25) is 9.52 Å². The van der Waals surface area contributed by atoms with Crippen molar-refractivity contribution < 1.29 is 31.5 Å². The number of piperidine rings is 2. The standard InChI is InChI=1S/C30H35F3N4O4S/c1-42(40,41)35-22-3-4-27-23(16-22)24(17-34-27)20-6-10-36(11-7-20)18-28(38)21-8-12-37(13-9-21)29(39)5-2-19-14-25(31)30(33)26(32)15-19/h2-5,14-17,20-21,28,34-35,38H,6-13,18H2,1H3. The summed E-state index contributed by atoms with van der Waals surface area (Å²) in [6, 6.07) is 7.16. The first-order valence-corrected chi connectivity index (χ1v) is 16.0. The number of aromatic amines is 1. The number of aliphatic hydroxyl groups is 1. The van der Waals surface area contributed by atoms with Crippen molar-refractivity contribution in [1.29, 1.82) is 0 Å². The number of aromatic nitrogens is 1. The second-order valence-electron chi connectivity index (χ2n) is 11.3. The normalized spacial score (nSPS) is 18.6. The van der Waals surface area contributed by atoms with Gasteiger partial charge in [0, 0.05) is 48.5 Å². The summed E-state index contributed by atoms with van der Waals surface area (Å²) >= 11 is 0. The molecule has 0 spiro atoms. The number of benzene rings is 2. The SMILES string of the molecule is CS(=O)(=O)Nc1ccc2[nH]cc(C3CCN(CC(O)C4CCN(C(=O)C=Cc5cc(F)c(F)c(F)c5)CC4)CC3)c2c1. The maximum absolute atomic E-state index is 13.4. The number of anilines is 1. The molecule has 1 atom stereocenters. The number of nitrogens with zero attached hydrogens (tertiary/aromatic N) is 2. The number of β-amino-alcohol motifs (C(OH)–C–C–N with tert-alkyl or cyclic N) is 1. The fourth-order valence-corrected chi connectivity index (χ4v) is 6.60. The zero-order valence-corrected chi connectivity index (χ0v) is 24.1. The summed E-state index contributed by atoms with van der Waals surface area (Å²) in [6.45, 7) is 3.17. The van der Waals surface area contributed by atoms with Crippen molar-refractivity contribution in [2.45, 2.75) is 37.7 Å². The molecule has 2 saturated heterocycles. The van der Waals surface area contributed by atoms with Gasteiger partial charge in [0.2, 0.25) is 15.9 Å². The van der Waals surface area contributed by atoms with Crippen LogP contribution in [0.1, 0.15) is 42.7 Å². The van der Waals surface area contributed by atoms with Gasteiger partial charge in [-0.15, -0.1) is 0 Å². The Labute approximate surface area is 243 Å². The second kappa shape index (κ2) is 12.5. The van der Waals surface area contributed by atoms with E-state index in [-0.39, 0.29) is 17.4 Å². The Hall–Kier alpha value is -3.35. The van der Waals surface area contributed by atoms with Crippen LogP contribution in [0.2, 0.25) is 0 Å². The number of hydrogen-bond donors (Lipinski definition) is 3. The smallest absolute Gasteiger partial charge is 0.246 e. The van der Waals surface area contributed by atoms with Crippen molar-refractivity contribution in [3.63, 3.8) is 0 Å². The van der Waals surface area contributed by atoms with E-state index in [0.29, 0.717) is 44.1 Å². The maximum atomic E-state index is 13.4. The number of amides is 1. The number of aliphatic hydroxyl groups excluding tert-OH is 1. The van der Waals surface area contributed by atoms with Gasteiger partial charge in [0.25, 0.3) is 0 Å². The summed E-state index contributed by atoms with van der Waals surface area (Å²) in [7, 11) is -3.37. The molecule has 1 aromatic heterocycles. The highest BCUT2D eigenvalue weighted by molar-refractivity contribution is 7.92. The van der Waals surface area contributed by atoms with Crippen LogP contribution in [0.5, 0.6) is 0 Å². The van der Waals surface area contributed by atoms with Crippen LogP contribution in [-0.2, 0) is 14.8 Å². The Bertz CT molecular complexity index is 1550. The fourth-order valence-electron chi connectivity index (χ4n) is 6.05. The number of H-pyrrole nitrogens is 1. The summed E-state index contributed by atoms with van der Waals surface area (Å²) < 4.78 is 65.8. The minimum atomic E-state index is -3.37. The van der Waals surface area contributed by atoms with Crippen molar-refractivity contribution in [3.8, 4) is 0 Å². The average molecular weight is 605 g/mol. The lowest BCUT2D eigenvalue weighted by molar-refractivity contribution is -0.128. The molecule has 2 fully saturated rings. The first-order valence-electron chi connectivity index (χ1n) is 14.1. The van der Waals surface area contributed by atoms with Gasteiger partial charge in [0.1, 0.15) is 0 Å². The van der Waals surface area contributed by atoms with Gasteiger partial charge in [0.05, 0.1) is 12.4 Å². The van der Waals surface area contributed by atoms with Gasteiger partial charge in [-0.1, -0.05) is 0 Å². The minimum Gasteiger partial charge on any atom is -0.392 e. The summed E-state index contributed by atoms with van der Waals surface area (Å²) in [5.41, 5.74) is 2.73. The van der Waals surface area contributed by atoms with Crippen LogP contribution in [0.15, 0.2) is 42.6 Å². The van der Waals surface area contributed by atoms with Gasteiger partial charge in [-0.25, -0.2) is 21.6 Å². The molecule has 0 saturated carbocycles. The molecule has 5 rings (SSSR count). The lowest BCUT2D eigenvalue weighted by Crippen LogP contribution is -2.45. The summed E-state index contributed by atoms with van der Waals surface area (Å²) in [5, 5.41) is 12.0. The van der Waals surface area contributed by atoms with E-state index in [9.17, 15) is 31.5 Å². The molecule has 3 N–H and O–H groups in total. The molecule has 0 bridgehead atoms. The van der Waals surface area contributed by atoms with Crippen molar-refractivity contribution >= 4 is 38.6 Å².